The Morgan fingerprint density at radius 2 is 1.84 bits per heavy atom. The third-order valence-corrected chi connectivity index (χ3v) is 7.50. The quantitative estimate of drug-likeness (QED) is 0.618. The van der Waals surface area contributed by atoms with Crippen molar-refractivity contribution >= 4 is 15.9 Å². The summed E-state index contributed by atoms with van der Waals surface area (Å²) < 4.78 is 34.5. The first-order valence-corrected chi connectivity index (χ1v) is 11.9. The summed E-state index contributed by atoms with van der Waals surface area (Å²) in [6.07, 6.45) is 5.30. The fourth-order valence-corrected chi connectivity index (χ4v) is 5.08. The van der Waals surface area contributed by atoms with Gasteiger partial charge >= 0.3 is 0 Å². The van der Waals surface area contributed by atoms with Crippen LogP contribution in [0.4, 0.5) is 0 Å². The van der Waals surface area contributed by atoms with Gasteiger partial charge in [0, 0.05) is 36.7 Å². The molecule has 1 atom stereocenters. The van der Waals surface area contributed by atoms with Crippen molar-refractivity contribution < 1.29 is 17.9 Å². The van der Waals surface area contributed by atoms with Crippen LogP contribution in [0.15, 0.2) is 66.1 Å². The largest absolute Gasteiger partial charge is 0.379 e. The van der Waals surface area contributed by atoms with Gasteiger partial charge in [-0.3, -0.25) is 4.79 Å². The van der Waals surface area contributed by atoms with Gasteiger partial charge in [-0.1, -0.05) is 18.2 Å². The van der Waals surface area contributed by atoms with Gasteiger partial charge in [0.1, 0.15) is 0 Å². The average Bonchev–Trinajstić information content (AvgIpc) is 3.35. The maximum absolute atomic E-state index is 13.0. The average molecular weight is 455 g/mol. The van der Waals surface area contributed by atoms with E-state index in [2.05, 4.69) is 10.3 Å². The third-order valence-electron chi connectivity index (χ3n) is 5.60. The molecule has 0 spiro atoms. The van der Waals surface area contributed by atoms with E-state index >= 15 is 0 Å². The number of carbonyl (C=O) groups is 1. The van der Waals surface area contributed by atoms with Crippen molar-refractivity contribution in [2.45, 2.75) is 24.8 Å². The molecular formula is C23H26N4O4S. The Labute approximate surface area is 187 Å². The fraction of sp³-hybridized carbons (Fsp3) is 0.304. The van der Waals surface area contributed by atoms with Gasteiger partial charge < -0.3 is 14.6 Å². The predicted octanol–water partition coefficient (Wildman–Crippen LogP) is 2.69. The first-order chi connectivity index (χ1) is 15.4. The minimum absolute atomic E-state index is 0.118. The SMILES string of the molecule is Cc1ccc(S(=O)(=O)N2CCOCC2)cc1C(=O)N[C@H](C)c1ccc(-n2ccnc2)cc1. The lowest BCUT2D eigenvalue weighted by Crippen LogP contribution is -2.40. The molecule has 8 nitrogen and oxygen atoms in total. The molecule has 2 heterocycles. The summed E-state index contributed by atoms with van der Waals surface area (Å²) in [4.78, 5) is 17.2. The second kappa shape index (κ2) is 9.23. The molecule has 1 amide bonds. The lowest BCUT2D eigenvalue weighted by Gasteiger charge is -2.26. The van der Waals surface area contributed by atoms with E-state index in [-0.39, 0.29) is 16.8 Å². The number of imidazole rings is 1. The molecule has 168 valence electrons. The molecule has 1 N–H and O–H groups in total. The molecule has 0 saturated carbocycles. The molecule has 1 aliphatic heterocycles. The molecule has 1 aliphatic rings. The Balaban J connectivity index is 1.51. The first kappa shape index (κ1) is 22.2. The summed E-state index contributed by atoms with van der Waals surface area (Å²) >= 11 is 0. The number of aromatic nitrogens is 2. The second-order valence-corrected chi connectivity index (χ2v) is 9.69. The third kappa shape index (κ3) is 4.59. The second-order valence-electron chi connectivity index (χ2n) is 7.75. The Hall–Kier alpha value is -3.01. The summed E-state index contributed by atoms with van der Waals surface area (Å²) in [5.74, 6) is -0.312. The molecule has 0 aliphatic carbocycles. The minimum atomic E-state index is -3.68. The van der Waals surface area contributed by atoms with Crippen molar-refractivity contribution in [3.05, 3.63) is 77.9 Å². The van der Waals surface area contributed by atoms with E-state index in [4.69, 9.17) is 4.74 Å². The number of sulfonamides is 1. The highest BCUT2D eigenvalue weighted by Gasteiger charge is 2.27. The van der Waals surface area contributed by atoms with E-state index in [0.29, 0.717) is 37.4 Å². The zero-order valence-electron chi connectivity index (χ0n) is 18.1. The number of nitrogens with one attached hydrogen (secondary N) is 1. The minimum Gasteiger partial charge on any atom is -0.379 e. The van der Waals surface area contributed by atoms with Crippen LogP contribution in [0, 0.1) is 6.92 Å². The van der Waals surface area contributed by atoms with Gasteiger partial charge in [-0.15, -0.1) is 0 Å². The van der Waals surface area contributed by atoms with E-state index in [0.717, 1.165) is 11.3 Å². The maximum atomic E-state index is 13.0. The predicted molar refractivity (Wildman–Crippen MR) is 120 cm³/mol. The number of morpholine rings is 1. The Morgan fingerprint density at radius 1 is 1.12 bits per heavy atom. The van der Waals surface area contributed by atoms with Gasteiger partial charge in [0.25, 0.3) is 5.91 Å². The molecule has 3 aromatic rings. The van der Waals surface area contributed by atoms with Crippen LogP contribution < -0.4 is 5.32 Å². The molecule has 32 heavy (non-hydrogen) atoms. The summed E-state index contributed by atoms with van der Waals surface area (Å²) in [7, 11) is -3.68. The van der Waals surface area contributed by atoms with E-state index in [9.17, 15) is 13.2 Å². The maximum Gasteiger partial charge on any atom is 0.252 e. The van der Waals surface area contributed by atoms with Crippen LogP contribution in [0.1, 0.15) is 34.5 Å². The van der Waals surface area contributed by atoms with Gasteiger partial charge in [-0.25, -0.2) is 13.4 Å². The van der Waals surface area contributed by atoms with E-state index in [1.165, 1.54) is 10.4 Å². The van der Waals surface area contributed by atoms with E-state index < -0.39 is 10.0 Å². The standard InChI is InChI=1S/C23H26N4O4S/c1-17-3-8-21(32(29,30)27-11-13-31-14-12-27)15-22(17)23(28)25-18(2)19-4-6-20(7-5-19)26-10-9-24-16-26/h3-10,15-16,18H,11-14H2,1-2H3,(H,25,28)/t18-/m1/s1. The number of carbonyl (C=O) groups excluding carboxylic acids is 1. The lowest BCUT2D eigenvalue weighted by atomic mass is 10.1. The van der Waals surface area contributed by atoms with Crippen LogP contribution in [0.3, 0.4) is 0 Å². The molecule has 1 fully saturated rings. The Kier molecular flexibility index (Phi) is 6.40. The number of hydrogen-bond acceptors (Lipinski definition) is 5. The molecule has 0 radical (unpaired) electrons. The molecular weight excluding hydrogens is 428 g/mol. The zero-order chi connectivity index (χ0) is 22.7. The number of benzene rings is 2. The molecule has 1 aromatic heterocycles. The van der Waals surface area contributed by atoms with Crippen LogP contribution in [0.25, 0.3) is 5.69 Å². The van der Waals surface area contributed by atoms with Crippen LogP contribution in [-0.2, 0) is 14.8 Å². The number of amides is 1. The normalized spacial score (nSPS) is 15.9. The Bertz CT molecular complexity index is 1190. The van der Waals surface area contributed by atoms with Gasteiger partial charge in [0.2, 0.25) is 10.0 Å². The van der Waals surface area contributed by atoms with Crippen molar-refractivity contribution in [1.29, 1.82) is 0 Å². The molecule has 0 bridgehead atoms. The van der Waals surface area contributed by atoms with Crippen LogP contribution >= 0.6 is 0 Å². The van der Waals surface area contributed by atoms with Gasteiger partial charge in [-0.2, -0.15) is 4.31 Å². The highest BCUT2D eigenvalue weighted by atomic mass is 32.2. The highest BCUT2D eigenvalue weighted by Crippen LogP contribution is 2.22. The van der Waals surface area contributed by atoms with Crippen molar-refractivity contribution in [2.24, 2.45) is 0 Å². The number of nitrogens with zero attached hydrogens (tertiary/aromatic N) is 3. The fourth-order valence-electron chi connectivity index (χ4n) is 3.65. The lowest BCUT2D eigenvalue weighted by molar-refractivity contribution is 0.0730. The highest BCUT2D eigenvalue weighted by molar-refractivity contribution is 7.89. The van der Waals surface area contributed by atoms with E-state index in [1.807, 2.05) is 42.0 Å². The molecule has 4 rings (SSSR count). The van der Waals surface area contributed by atoms with Crippen LogP contribution in [0.2, 0.25) is 0 Å². The van der Waals surface area contributed by atoms with Gasteiger partial charge in [0.05, 0.1) is 30.5 Å². The zero-order valence-corrected chi connectivity index (χ0v) is 18.9. The van der Waals surface area contributed by atoms with Crippen molar-refractivity contribution in [3.63, 3.8) is 0 Å². The number of aryl methyl sites for hydroxylation is 1. The number of rotatable bonds is 6. The molecule has 2 aromatic carbocycles. The summed E-state index contributed by atoms with van der Waals surface area (Å²) in [6.45, 7) is 5.05. The van der Waals surface area contributed by atoms with E-state index in [1.54, 1.807) is 31.6 Å². The molecule has 9 heteroatoms. The number of ether oxygens (including phenoxy) is 1. The van der Waals surface area contributed by atoms with Crippen LogP contribution in [-0.4, -0.2) is 54.5 Å². The summed E-state index contributed by atoms with van der Waals surface area (Å²) in [5, 5.41) is 2.98. The summed E-state index contributed by atoms with van der Waals surface area (Å²) in [5.41, 5.74) is 2.98. The first-order valence-electron chi connectivity index (χ1n) is 10.4. The topological polar surface area (TPSA) is 93.5 Å². The van der Waals surface area contributed by atoms with Gasteiger partial charge in [0.15, 0.2) is 0 Å². The summed E-state index contributed by atoms with van der Waals surface area (Å²) in [6, 6.07) is 12.3. The van der Waals surface area contributed by atoms with Crippen molar-refractivity contribution in [3.8, 4) is 5.69 Å². The Morgan fingerprint density at radius 3 is 2.50 bits per heavy atom. The van der Waals surface area contributed by atoms with Gasteiger partial charge in [-0.05, 0) is 49.2 Å². The monoisotopic (exact) mass is 454 g/mol. The molecule has 1 saturated heterocycles. The van der Waals surface area contributed by atoms with Crippen LogP contribution in [0.5, 0.6) is 0 Å². The number of hydrogen-bond donors (Lipinski definition) is 1. The van der Waals surface area contributed by atoms with Crippen molar-refractivity contribution in [1.82, 2.24) is 19.2 Å². The van der Waals surface area contributed by atoms with Crippen molar-refractivity contribution in [2.75, 3.05) is 26.3 Å². The smallest absolute Gasteiger partial charge is 0.252 e. The molecule has 0 unspecified atom stereocenters.